The van der Waals surface area contributed by atoms with E-state index in [1.54, 1.807) is 7.11 Å². The average molecular weight is 256 g/mol. The van der Waals surface area contributed by atoms with E-state index >= 15 is 0 Å². The van der Waals surface area contributed by atoms with Crippen LogP contribution in [0.4, 0.5) is 0 Å². The van der Waals surface area contributed by atoms with E-state index in [2.05, 4.69) is 37.9 Å². The monoisotopic (exact) mass is 256 g/mol. The molecule has 0 bridgehead atoms. The van der Waals surface area contributed by atoms with Crippen LogP contribution in [0.2, 0.25) is 0 Å². The first-order chi connectivity index (χ1) is 8.45. The zero-order valence-corrected chi connectivity index (χ0v) is 13.0. The summed E-state index contributed by atoms with van der Waals surface area (Å²) < 4.78 is 5.49. The van der Waals surface area contributed by atoms with Crippen LogP contribution in [0.25, 0.3) is 0 Å². The summed E-state index contributed by atoms with van der Waals surface area (Å²) >= 11 is 0. The van der Waals surface area contributed by atoms with Crippen LogP contribution in [-0.2, 0) is 4.74 Å². The van der Waals surface area contributed by atoms with Gasteiger partial charge >= 0.3 is 0 Å². The lowest BCUT2D eigenvalue weighted by atomic mass is 9.99. The van der Waals surface area contributed by atoms with Crippen molar-refractivity contribution in [3.63, 3.8) is 0 Å². The molecular weight excluding hydrogens is 224 g/mol. The fourth-order valence-electron chi connectivity index (χ4n) is 2.33. The van der Waals surface area contributed by atoms with Crippen molar-refractivity contribution in [1.29, 1.82) is 0 Å². The van der Waals surface area contributed by atoms with E-state index < -0.39 is 0 Å². The summed E-state index contributed by atoms with van der Waals surface area (Å²) in [4.78, 5) is 2.60. The van der Waals surface area contributed by atoms with Crippen molar-refractivity contribution >= 4 is 0 Å². The largest absolute Gasteiger partial charge is 0.377 e. The number of rotatable bonds is 7. The van der Waals surface area contributed by atoms with E-state index in [0.717, 1.165) is 12.5 Å². The van der Waals surface area contributed by atoms with Gasteiger partial charge in [0.2, 0.25) is 0 Å². The molecule has 1 fully saturated rings. The van der Waals surface area contributed by atoms with E-state index in [-0.39, 0.29) is 5.60 Å². The van der Waals surface area contributed by atoms with Crippen LogP contribution >= 0.6 is 0 Å². The lowest BCUT2D eigenvalue weighted by molar-refractivity contribution is -0.00509. The lowest BCUT2D eigenvalue weighted by Gasteiger charge is -2.32. The van der Waals surface area contributed by atoms with Crippen LogP contribution in [0.5, 0.6) is 0 Å². The van der Waals surface area contributed by atoms with Gasteiger partial charge in [-0.1, -0.05) is 6.92 Å². The molecule has 0 aromatic carbocycles. The summed E-state index contributed by atoms with van der Waals surface area (Å²) in [7, 11) is 1.78. The van der Waals surface area contributed by atoms with Crippen molar-refractivity contribution in [1.82, 2.24) is 10.2 Å². The SMILES string of the molecule is COC(C)(C)C(C)NCCCN1CCC(C)CC1. The van der Waals surface area contributed by atoms with Gasteiger partial charge in [-0.3, -0.25) is 0 Å². The van der Waals surface area contributed by atoms with Crippen molar-refractivity contribution in [3.8, 4) is 0 Å². The highest BCUT2D eigenvalue weighted by molar-refractivity contribution is 4.81. The fraction of sp³-hybridized carbons (Fsp3) is 1.00. The van der Waals surface area contributed by atoms with Gasteiger partial charge < -0.3 is 15.0 Å². The highest BCUT2D eigenvalue weighted by atomic mass is 16.5. The Morgan fingerprint density at radius 3 is 2.50 bits per heavy atom. The topological polar surface area (TPSA) is 24.5 Å². The molecule has 108 valence electrons. The van der Waals surface area contributed by atoms with Crippen LogP contribution in [-0.4, -0.2) is 49.8 Å². The summed E-state index contributed by atoms with van der Waals surface area (Å²) in [6.45, 7) is 13.7. The summed E-state index contributed by atoms with van der Waals surface area (Å²) in [5.74, 6) is 0.932. The third-order valence-corrected chi connectivity index (χ3v) is 4.55. The van der Waals surface area contributed by atoms with Gasteiger partial charge in [0.05, 0.1) is 5.60 Å². The number of likely N-dealkylation sites (tertiary alicyclic amines) is 1. The van der Waals surface area contributed by atoms with Gasteiger partial charge in [-0.2, -0.15) is 0 Å². The molecule has 0 radical (unpaired) electrons. The maximum Gasteiger partial charge on any atom is 0.0772 e. The Hall–Kier alpha value is -0.120. The minimum absolute atomic E-state index is 0.0828. The number of hydrogen-bond acceptors (Lipinski definition) is 3. The minimum Gasteiger partial charge on any atom is -0.377 e. The van der Waals surface area contributed by atoms with Crippen molar-refractivity contribution < 1.29 is 4.74 Å². The van der Waals surface area contributed by atoms with E-state index in [1.165, 1.54) is 38.9 Å². The Morgan fingerprint density at radius 2 is 1.94 bits per heavy atom. The number of nitrogens with one attached hydrogen (secondary N) is 1. The van der Waals surface area contributed by atoms with Crippen molar-refractivity contribution in [3.05, 3.63) is 0 Å². The van der Waals surface area contributed by atoms with Gasteiger partial charge in [0.1, 0.15) is 0 Å². The Labute approximate surface area is 113 Å². The standard InChI is InChI=1S/C15H32N2O/c1-13-7-11-17(12-8-13)10-6-9-16-14(2)15(3,4)18-5/h13-14,16H,6-12H2,1-5H3. The van der Waals surface area contributed by atoms with Crippen LogP contribution in [0.15, 0.2) is 0 Å². The highest BCUT2D eigenvalue weighted by Gasteiger charge is 2.24. The van der Waals surface area contributed by atoms with Crippen molar-refractivity contribution in [2.75, 3.05) is 33.3 Å². The summed E-state index contributed by atoms with van der Waals surface area (Å²) in [6.07, 6.45) is 3.99. The smallest absolute Gasteiger partial charge is 0.0772 e. The zero-order valence-electron chi connectivity index (χ0n) is 13.0. The van der Waals surface area contributed by atoms with E-state index in [4.69, 9.17) is 4.74 Å². The number of piperidine rings is 1. The van der Waals surface area contributed by atoms with E-state index in [0.29, 0.717) is 6.04 Å². The molecule has 0 aromatic rings. The lowest BCUT2D eigenvalue weighted by Crippen LogP contribution is -2.46. The Bertz CT molecular complexity index is 223. The van der Waals surface area contributed by atoms with E-state index in [1.807, 2.05) is 0 Å². The molecule has 1 aliphatic rings. The molecule has 1 saturated heterocycles. The third kappa shape index (κ3) is 5.25. The van der Waals surface area contributed by atoms with Crippen molar-refractivity contribution in [2.24, 2.45) is 5.92 Å². The quantitative estimate of drug-likeness (QED) is 0.708. The van der Waals surface area contributed by atoms with Crippen LogP contribution in [0, 0.1) is 5.92 Å². The molecule has 1 N–H and O–H groups in total. The number of ether oxygens (including phenoxy) is 1. The summed E-state index contributed by atoms with van der Waals surface area (Å²) in [5, 5.41) is 3.57. The predicted octanol–water partition coefficient (Wildman–Crippen LogP) is 2.51. The molecule has 1 aliphatic heterocycles. The van der Waals surface area contributed by atoms with Gasteiger partial charge in [-0.15, -0.1) is 0 Å². The van der Waals surface area contributed by atoms with Gasteiger partial charge in [-0.05, 0) is 72.1 Å². The maximum atomic E-state index is 5.49. The van der Waals surface area contributed by atoms with Crippen LogP contribution in [0.1, 0.15) is 47.0 Å². The molecule has 0 aliphatic carbocycles. The second-order valence-corrected chi connectivity index (χ2v) is 6.36. The van der Waals surface area contributed by atoms with Gasteiger partial charge in [0.25, 0.3) is 0 Å². The number of hydrogen-bond donors (Lipinski definition) is 1. The van der Waals surface area contributed by atoms with Crippen LogP contribution in [0.3, 0.4) is 0 Å². The van der Waals surface area contributed by atoms with Gasteiger partial charge in [0, 0.05) is 13.2 Å². The minimum atomic E-state index is -0.0828. The normalized spacial score (nSPS) is 21.2. The first-order valence-corrected chi connectivity index (χ1v) is 7.46. The van der Waals surface area contributed by atoms with E-state index in [9.17, 15) is 0 Å². The van der Waals surface area contributed by atoms with Crippen molar-refractivity contribution in [2.45, 2.75) is 58.6 Å². The third-order valence-electron chi connectivity index (χ3n) is 4.55. The molecule has 3 nitrogen and oxygen atoms in total. The predicted molar refractivity (Wildman–Crippen MR) is 78.0 cm³/mol. The molecule has 1 unspecified atom stereocenters. The molecule has 0 spiro atoms. The average Bonchev–Trinajstić information content (AvgIpc) is 2.36. The molecule has 0 saturated carbocycles. The Morgan fingerprint density at radius 1 is 1.33 bits per heavy atom. The fourth-order valence-corrected chi connectivity index (χ4v) is 2.33. The Balaban J connectivity index is 2.08. The molecule has 0 aromatic heterocycles. The zero-order chi connectivity index (χ0) is 13.6. The first-order valence-electron chi connectivity index (χ1n) is 7.46. The molecule has 1 rings (SSSR count). The molecular formula is C15H32N2O. The maximum absolute atomic E-state index is 5.49. The summed E-state index contributed by atoms with van der Waals surface area (Å²) in [6, 6.07) is 0.392. The molecule has 1 atom stereocenters. The molecule has 18 heavy (non-hydrogen) atoms. The second-order valence-electron chi connectivity index (χ2n) is 6.36. The van der Waals surface area contributed by atoms with Gasteiger partial charge in [0.15, 0.2) is 0 Å². The number of methoxy groups -OCH3 is 1. The molecule has 0 amide bonds. The summed E-state index contributed by atoms with van der Waals surface area (Å²) in [5.41, 5.74) is -0.0828. The van der Waals surface area contributed by atoms with Gasteiger partial charge in [-0.25, -0.2) is 0 Å². The molecule has 1 heterocycles. The highest BCUT2D eigenvalue weighted by Crippen LogP contribution is 2.16. The first kappa shape index (κ1) is 15.9. The second kappa shape index (κ2) is 7.46. The number of nitrogens with zero attached hydrogens (tertiary/aromatic N) is 1. The Kier molecular flexibility index (Phi) is 6.61. The van der Waals surface area contributed by atoms with Crippen LogP contribution < -0.4 is 5.32 Å². The molecule has 3 heteroatoms.